The number of methoxy groups -OCH3 is 3. The molecule has 1 aliphatic rings. The number of carbonyl (C=O) groups is 1. The van der Waals surface area contributed by atoms with Crippen molar-refractivity contribution in [2.24, 2.45) is 0 Å². The number of nitrogens with zero attached hydrogens (tertiary/aromatic N) is 1. The van der Waals surface area contributed by atoms with Crippen LogP contribution < -0.4 is 14.2 Å². The molecule has 0 saturated carbocycles. The number of hydrogen-bond acceptors (Lipinski definition) is 5. The Kier molecular flexibility index (Phi) is 4.86. The molecule has 1 saturated heterocycles. The minimum atomic E-state index is -0.177. The molecule has 1 aromatic rings. The van der Waals surface area contributed by atoms with Crippen LogP contribution in [0.2, 0.25) is 0 Å². The van der Waals surface area contributed by atoms with E-state index in [9.17, 15) is 4.79 Å². The second-order valence-electron chi connectivity index (χ2n) is 4.34. The molecule has 21 heavy (non-hydrogen) atoms. The molecule has 0 spiro atoms. The molecule has 6 heteroatoms. The summed E-state index contributed by atoms with van der Waals surface area (Å²) in [5.74, 6) is 4.77. The van der Waals surface area contributed by atoms with Crippen molar-refractivity contribution in [3.63, 3.8) is 0 Å². The first-order chi connectivity index (χ1) is 10.2. The fourth-order valence-corrected chi connectivity index (χ4v) is 3.43. The lowest BCUT2D eigenvalue weighted by atomic mass is 10.1. The minimum absolute atomic E-state index is 0.0276. The molecule has 0 aromatic heterocycles. The summed E-state index contributed by atoms with van der Waals surface area (Å²) >= 11 is 1.52. The average Bonchev–Trinajstić information content (AvgIpc) is 2.87. The predicted octanol–water partition coefficient (Wildman–Crippen LogP) is 1.92. The highest BCUT2D eigenvalue weighted by Crippen LogP contribution is 2.46. The van der Waals surface area contributed by atoms with E-state index in [-0.39, 0.29) is 17.8 Å². The highest BCUT2D eigenvalue weighted by molar-refractivity contribution is 8.00. The number of hydrogen-bond donors (Lipinski definition) is 0. The molecule has 0 bridgehead atoms. The van der Waals surface area contributed by atoms with E-state index in [4.69, 9.17) is 20.6 Å². The second kappa shape index (κ2) is 6.64. The molecule has 2 rings (SSSR count). The first kappa shape index (κ1) is 15.4. The molecule has 5 nitrogen and oxygen atoms in total. The first-order valence-electron chi connectivity index (χ1n) is 6.30. The van der Waals surface area contributed by atoms with Crippen molar-refractivity contribution >= 4 is 17.7 Å². The van der Waals surface area contributed by atoms with Crippen LogP contribution in [0.25, 0.3) is 0 Å². The molecule has 1 amide bonds. The Morgan fingerprint density at radius 1 is 1.24 bits per heavy atom. The molecule has 1 heterocycles. The van der Waals surface area contributed by atoms with E-state index in [1.165, 1.54) is 11.8 Å². The summed E-state index contributed by atoms with van der Waals surface area (Å²) in [5.41, 5.74) is 0.848. The molecule has 0 N–H and O–H groups in total. The van der Waals surface area contributed by atoms with Crippen molar-refractivity contribution in [3.05, 3.63) is 17.7 Å². The van der Waals surface area contributed by atoms with Crippen LogP contribution in [0, 0.1) is 12.3 Å². The van der Waals surface area contributed by atoms with E-state index >= 15 is 0 Å². The van der Waals surface area contributed by atoms with Gasteiger partial charge in [0, 0.05) is 11.6 Å². The maximum Gasteiger partial charge on any atom is 0.234 e. The molecular formula is C15H17NO4S. The maximum absolute atomic E-state index is 11.9. The summed E-state index contributed by atoms with van der Waals surface area (Å²) < 4.78 is 16.0. The van der Waals surface area contributed by atoms with Crippen LogP contribution in [0.15, 0.2) is 12.1 Å². The van der Waals surface area contributed by atoms with Gasteiger partial charge in [-0.15, -0.1) is 18.2 Å². The van der Waals surface area contributed by atoms with Crippen molar-refractivity contribution in [2.75, 3.05) is 33.6 Å². The van der Waals surface area contributed by atoms with Gasteiger partial charge in [0.25, 0.3) is 0 Å². The summed E-state index contributed by atoms with van der Waals surface area (Å²) in [6.45, 7) is 0.272. The third-order valence-corrected chi connectivity index (χ3v) is 4.47. The number of ether oxygens (including phenoxy) is 3. The average molecular weight is 307 g/mol. The molecule has 1 atom stereocenters. The number of carbonyl (C=O) groups excluding carboxylic acids is 1. The molecule has 1 fully saturated rings. The van der Waals surface area contributed by atoms with Crippen LogP contribution in [-0.2, 0) is 4.79 Å². The van der Waals surface area contributed by atoms with E-state index in [1.54, 1.807) is 32.3 Å². The lowest BCUT2D eigenvalue weighted by Gasteiger charge is -2.24. The van der Waals surface area contributed by atoms with Gasteiger partial charge in [-0.1, -0.05) is 5.92 Å². The van der Waals surface area contributed by atoms with Gasteiger partial charge in [0.05, 0.1) is 33.6 Å². The largest absolute Gasteiger partial charge is 0.496 e. The van der Waals surface area contributed by atoms with Crippen LogP contribution in [-0.4, -0.2) is 44.4 Å². The standard InChI is InChI=1S/C15H17NO4S/c1-5-6-16-14(17)9-21-15(16)10-7-12(19-3)13(20-4)8-11(10)18-2/h1,7-8,15H,6,9H2,2-4H3. The first-order valence-corrected chi connectivity index (χ1v) is 7.35. The van der Waals surface area contributed by atoms with E-state index < -0.39 is 0 Å². The Labute approximate surface area is 128 Å². The van der Waals surface area contributed by atoms with Gasteiger partial charge in [0.15, 0.2) is 11.5 Å². The van der Waals surface area contributed by atoms with Crippen LogP contribution in [0.4, 0.5) is 0 Å². The van der Waals surface area contributed by atoms with Gasteiger partial charge in [-0.25, -0.2) is 0 Å². The van der Waals surface area contributed by atoms with Crippen LogP contribution >= 0.6 is 11.8 Å². The minimum Gasteiger partial charge on any atom is -0.496 e. The number of benzene rings is 1. The smallest absolute Gasteiger partial charge is 0.234 e. The van der Waals surface area contributed by atoms with E-state index in [0.717, 1.165) is 5.56 Å². The summed E-state index contributed by atoms with van der Waals surface area (Å²) in [6.07, 6.45) is 5.35. The van der Waals surface area contributed by atoms with Crippen molar-refractivity contribution < 1.29 is 19.0 Å². The molecule has 112 valence electrons. The van der Waals surface area contributed by atoms with Crippen molar-refractivity contribution in [2.45, 2.75) is 5.37 Å². The second-order valence-corrected chi connectivity index (χ2v) is 5.41. The Balaban J connectivity index is 2.47. The summed E-state index contributed by atoms with van der Waals surface area (Å²) in [6, 6.07) is 3.59. The number of amides is 1. The third kappa shape index (κ3) is 2.88. The Morgan fingerprint density at radius 2 is 1.86 bits per heavy atom. The summed E-state index contributed by atoms with van der Waals surface area (Å²) in [7, 11) is 4.72. The van der Waals surface area contributed by atoms with Crippen molar-refractivity contribution in [1.29, 1.82) is 0 Å². The van der Waals surface area contributed by atoms with Gasteiger partial charge in [-0.3, -0.25) is 4.79 Å². The van der Waals surface area contributed by atoms with Gasteiger partial charge in [0.1, 0.15) is 11.1 Å². The molecule has 1 aliphatic heterocycles. The number of thioether (sulfide) groups is 1. The zero-order chi connectivity index (χ0) is 15.4. The Bertz CT molecular complexity index is 582. The quantitative estimate of drug-likeness (QED) is 0.778. The van der Waals surface area contributed by atoms with Crippen LogP contribution in [0.1, 0.15) is 10.9 Å². The number of terminal acetylenes is 1. The van der Waals surface area contributed by atoms with Gasteiger partial charge < -0.3 is 19.1 Å². The normalized spacial score (nSPS) is 17.5. The predicted molar refractivity (Wildman–Crippen MR) is 81.8 cm³/mol. The maximum atomic E-state index is 11.9. The Morgan fingerprint density at radius 3 is 2.43 bits per heavy atom. The SMILES string of the molecule is C#CCN1C(=O)CSC1c1cc(OC)c(OC)cc1OC. The molecule has 1 aromatic carbocycles. The molecular weight excluding hydrogens is 290 g/mol. The van der Waals surface area contributed by atoms with Crippen LogP contribution in [0.3, 0.4) is 0 Å². The van der Waals surface area contributed by atoms with Gasteiger partial charge in [-0.2, -0.15) is 0 Å². The fraction of sp³-hybridized carbons (Fsp3) is 0.400. The van der Waals surface area contributed by atoms with Gasteiger partial charge in [-0.05, 0) is 6.07 Å². The number of rotatable bonds is 5. The van der Waals surface area contributed by atoms with E-state index in [0.29, 0.717) is 23.0 Å². The highest BCUT2D eigenvalue weighted by atomic mass is 32.2. The lowest BCUT2D eigenvalue weighted by molar-refractivity contribution is -0.127. The monoisotopic (exact) mass is 307 g/mol. The lowest BCUT2D eigenvalue weighted by Crippen LogP contribution is -2.28. The summed E-state index contributed by atoms with van der Waals surface area (Å²) in [4.78, 5) is 13.6. The van der Waals surface area contributed by atoms with Gasteiger partial charge in [0.2, 0.25) is 5.91 Å². The van der Waals surface area contributed by atoms with E-state index in [1.807, 2.05) is 6.07 Å². The summed E-state index contributed by atoms with van der Waals surface area (Å²) in [5, 5.41) is -0.177. The van der Waals surface area contributed by atoms with E-state index in [2.05, 4.69) is 5.92 Å². The molecule has 1 unspecified atom stereocenters. The van der Waals surface area contributed by atoms with Crippen molar-refractivity contribution in [1.82, 2.24) is 4.90 Å². The fourth-order valence-electron chi connectivity index (χ4n) is 2.23. The van der Waals surface area contributed by atoms with Gasteiger partial charge >= 0.3 is 0 Å². The molecule has 0 aliphatic carbocycles. The van der Waals surface area contributed by atoms with Crippen molar-refractivity contribution in [3.8, 4) is 29.6 Å². The molecule has 0 radical (unpaired) electrons. The van der Waals surface area contributed by atoms with Crippen LogP contribution in [0.5, 0.6) is 17.2 Å². The topological polar surface area (TPSA) is 48.0 Å². The third-order valence-electron chi connectivity index (χ3n) is 3.23. The Hall–Kier alpha value is -2.00. The zero-order valence-electron chi connectivity index (χ0n) is 12.2. The highest BCUT2D eigenvalue weighted by Gasteiger charge is 2.34. The zero-order valence-corrected chi connectivity index (χ0v) is 13.0.